The summed E-state index contributed by atoms with van der Waals surface area (Å²) >= 11 is 0. The van der Waals surface area contributed by atoms with E-state index in [0.29, 0.717) is 13.0 Å². The van der Waals surface area contributed by atoms with Crippen LogP contribution >= 0.6 is 0 Å². The van der Waals surface area contributed by atoms with Crippen molar-refractivity contribution in [2.75, 3.05) is 20.8 Å². The van der Waals surface area contributed by atoms with Gasteiger partial charge in [-0.3, -0.25) is 4.79 Å². The van der Waals surface area contributed by atoms with Gasteiger partial charge in [-0.05, 0) is 42.2 Å². The van der Waals surface area contributed by atoms with Crippen LogP contribution < -0.4 is 14.8 Å². The molecular weight excluding hydrogens is 290 g/mol. The van der Waals surface area contributed by atoms with Crippen molar-refractivity contribution in [3.05, 3.63) is 59.2 Å². The second-order valence-electron chi connectivity index (χ2n) is 5.39. The number of rotatable bonds is 7. The second-order valence-corrected chi connectivity index (χ2v) is 5.39. The third kappa shape index (κ3) is 4.74. The van der Waals surface area contributed by atoms with Crippen molar-refractivity contribution in [1.29, 1.82) is 0 Å². The summed E-state index contributed by atoms with van der Waals surface area (Å²) in [5.74, 6) is 1.71. The predicted molar refractivity (Wildman–Crippen MR) is 91.1 cm³/mol. The molecule has 4 nitrogen and oxygen atoms in total. The summed E-state index contributed by atoms with van der Waals surface area (Å²) in [7, 11) is 3.30. The molecule has 2 aromatic rings. The van der Waals surface area contributed by atoms with E-state index >= 15 is 0 Å². The second kappa shape index (κ2) is 8.22. The van der Waals surface area contributed by atoms with Gasteiger partial charge >= 0.3 is 0 Å². The van der Waals surface area contributed by atoms with Crippen LogP contribution in [-0.4, -0.2) is 26.7 Å². The number of nitrogens with one attached hydrogen (secondary N) is 1. The number of hydrogen-bond acceptors (Lipinski definition) is 3. The number of amides is 1. The maximum atomic E-state index is 12.0. The molecule has 0 saturated heterocycles. The average Bonchev–Trinajstić information content (AvgIpc) is 2.55. The van der Waals surface area contributed by atoms with E-state index < -0.39 is 0 Å². The van der Waals surface area contributed by atoms with E-state index in [0.717, 1.165) is 34.6 Å². The van der Waals surface area contributed by atoms with Crippen LogP contribution in [0.15, 0.2) is 42.5 Å². The van der Waals surface area contributed by atoms with Crippen LogP contribution in [0.4, 0.5) is 0 Å². The molecule has 0 fully saturated rings. The van der Waals surface area contributed by atoms with Crippen molar-refractivity contribution < 1.29 is 14.3 Å². The van der Waals surface area contributed by atoms with Gasteiger partial charge in [-0.1, -0.05) is 30.3 Å². The molecule has 2 aromatic carbocycles. The maximum absolute atomic E-state index is 12.0. The lowest BCUT2D eigenvalue weighted by Gasteiger charge is -2.10. The Balaban J connectivity index is 1.84. The van der Waals surface area contributed by atoms with Crippen LogP contribution in [0.25, 0.3) is 0 Å². The smallest absolute Gasteiger partial charge is 0.224 e. The molecule has 4 heteroatoms. The topological polar surface area (TPSA) is 47.6 Å². The predicted octanol–water partition coefficient (Wildman–Crippen LogP) is 2.91. The highest BCUT2D eigenvalue weighted by atomic mass is 16.5. The van der Waals surface area contributed by atoms with E-state index in [-0.39, 0.29) is 5.91 Å². The molecule has 1 amide bonds. The molecule has 0 aliphatic rings. The van der Waals surface area contributed by atoms with Gasteiger partial charge in [0, 0.05) is 6.54 Å². The molecular formula is C19H23NO3. The summed E-state index contributed by atoms with van der Waals surface area (Å²) in [5, 5.41) is 2.95. The van der Waals surface area contributed by atoms with Gasteiger partial charge in [0.25, 0.3) is 0 Å². The van der Waals surface area contributed by atoms with Gasteiger partial charge in [0.05, 0.1) is 20.6 Å². The highest BCUT2D eigenvalue weighted by Gasteiger charge is 2.07. The zero-order valence-electron chi connectivity index (χ0n) is 13.9. The summed E-state index contributed by atoms with van der Waals surface area (Å²) < 4.78 is 10.5. The number of ether oxygens (including phenoxy) is 2. The van der Waals surface area contributed by atoms with Gasteiger partial charge in [0.15, 0.2) is 0 Å². The van der Waals surface area contributed by atoms with Crippen LogP contribution in [0.3, 0.4) is 0 Å². The first kappa shape index (κ1) is 16.9. The zero-order chi connectivity index (χ0) is 16.7. The number of carbonyl (C=O) groups is 1. The number of methoxy groups -OCH3 is 2. The Morgan fingerprint density at radius 3 is 2.48 bits per heavy atom. The van der Waals surface area contributed by atoms with Crippen LogP contribution in [0.1, 0.15) is 16.7 Å². The molecule has 122 valence electrons. The Morgan fingerprint density at radius 2 is 1.78 bits per heavy atom. The lowest BCUT2D eigenvalue weighted by Crippen LogP contribution is -2.27. The van der Waals surface area contributed by atoms with E-state index in [1.54, 1.807) is 14.2 Å². The number of para-hydroxylation sites is 1. The molecule has 0 unspecified atom stereocenters. The first-order valence-corrected chi connectivity index (χ1v) is 7.66. The average molecular weight is 313 g/mol. The van der Waals surface area contributed by atoms with Gasteiger partial charge in [0.1, 0.15) is 11.5 Å². The molecule has 0 atom stereocenters. The molecule has 0 aliphatic heterocycles. The quantitative estimate of drug-likeness (QED) is 0.855. The van der Waals surface area contributed by atoms with Gasteiger partial charge in [-0.25, -0.2) is 0 Å². The molecule has 0 bridgehead atoms. The standard InChI is InChI=1S/C19H23NO3/c1-14-12-15(8-9-17(14)22-2)13-19(21)20-11-10-16-6-4-5-7-18(16)23-3/h4-9,12H,10-11,13H2,1-3H3,(H,20,21). The third-order valence-electron chi connectivity index (χ3n) is 3.73. The van der Waals surface area contributed by atoms with Gasteiger partial charge < -0.3 is 14.8 Å². The van der Waals surface area contributed by atoms with Gasteiger partial charge in [-0.2, -0.15) is 0 Å². The van der Waals surface area contributed by atoms with Gasteiger partial charge in [-0.15, -0.1) is 0 Å². The van der Waals surface area contributed by atoms with E-state index in [2.05, 4.69) is 5.32 Å². The Labute approximate surface area is 137 Å². The first-order chi connectivity index (χ1) is 11.1. The first-order valence-electron chi connectivity index (χ1n) is 7.66. The van der Waals surface area contributed by atoms with Crippen molar-refractivity contribution in [1.82, 2.24) is 5.32 Å². The largest absolute Gasteiger partial charge is 0.496 e. The van der Waals surface area contributed by atoms with Gasteiger partial charge in [0.2, 0.25) is 5.91 Å². The van der Waals surface area contributed by atoms with Crippen molar-refractivity contribution in [2.24, 2.45) is 0 Å². The van der Waals surface area contributed by atoms with Crippen LogP contribution in [0.5, 0.6) is 11.5 Å². The lowest BCUT2D eigenvalue weighted by atomic mass is 10.1. The molecule has 0 aliphatic carbocycles. The zero-order valence-corrected chi connectivity index (χ0v) is 13.9. The number of benzene rings is 2. The van der Waals surface area contributed by atoms with Crippen molar-refractivity contribution >= 4 is 5.91 Å². The number of carbonyl (C=O) groups excluding carboxylic acids is 1. The Morgan fingerprint density at radius 1 is 1.04 bits per heavy atom. The normalized spacial score (nSPS) is 10.2. The third-order valence-corrected chi connectivity index (χ3v) is 3.73. The monoisotopic (exact) mass is 313 g/mol. The Hall–Kier alpha value is -2.49. The Bertz CT molecular complexity index is 667. The highest BCUT2D eigenvalue weighted by molar-refractivity contribution is 5.78. The highest BCUT2D eigenvalue weighted by Crippen LogP contribution is 2.19. The van der Waals surface area contributed by atoms with Crippen LogP contribution in [0, 0.1) is 6.92 Å². The van der Waals surface area contributed by atoms with E-state index in [9.17, 15) is 4.79 Å². The summed E-state index contributed by atoms with van der Waals surface area (Å²) in [6.07, 6.45) is 1.12. The van der Waals surface area contributed by atoms with Crippen molar-refractivity contribution in [3.8, 4) is 11.5 Å². The lowest BCUT2D eigenvalue weighted by molar-refractivity contribution is -0.120. The summed E-state index contributed by atoms with van der Waals surface area (Å²) in [6, 6.07) is 13.7. The molecule has 23 heavy (non-hydrogen) atoms. The molecule has 2 rings (SSSR count). The minimum atomic E-state index is 0.0180. The van der Waals surface area contributed by atoms with E-state index in [4.69, 9.17) is 9.47 Å². The fourth-order valence-electron chi connectivity index (χ4n) is 2.54. The van der Waals surface area contributed by atoms with Crippen LogP contribution in [0.2, 0.25) is 0 Å². The minimum Gasteiger partial charge on any atom is -0.496 e. The Kier molecular flexibility index (Phi) is 6.03. The fourth-order valence-corrected chi connectivity index (χ4v) is 2.54. The minimum absolute atomic E-state index is 0.0180. The summed E-state index contributed by atoms with van der Waals surface area (Å²) in [6.45, 7) is 2.57. The maximum Gasteiger partial charge on any atom is 0.224 e. The number of hydrogen-bond donors (Lipinski definition) is 1. The van der Waals surface area contributed by atoms with E-state index in [1.165, 1.54) is 0 Å². The molecule has 0 saturated carbocycles. The molecule has 0 aromatic heterocycles. The molecule has 0 spiro atoms. The van der Waals surface area contributed by atoms with Crippen molar-refractivity contribution in [2.45, 2.75) is 19.8 Å². The molecule has 0 radical (unpaired) electrons. The molecule has 1 N–H and O–H groups in total. The SMILES string of the molecule is COc1ccc(CC(=O)NCCc2ccccc2OC)cc1C. The number of aryl methyl sites for hydroxylation is 1. The van der Waals surface area contributed by atoms with Crippen LogP contribution in [-0.2, 0) is 17.6 Å². The van der Waals surface area contributed by atoms with E-state index in [1.807, 2.05) is 49.4 Å². The summed E-state index contributed by atoms with van der Waals surface area (Å²) in [5.41, 5.74) is 3.11. The molecule has 0 heterocycles. The van der Waals surface area contributed by atoms with Crippen molar-refractivity contribution in [3.63, 3.8) is 0 Å². The fraction of sp³-hybridized carbons (Fsp3) is 0.316. The summed E-state index contributed by atoms with van der Waals surface area (Å²) in [4.78, 5) is 12.0.